The van der Waals surface area contributed by atoms with Gasteiger partial charge in [0.2, 0.25) is 0 Å². The monoisotopic (exact) mass is 577 g/mol. The molecule has 3 aromatic rings. The summed E-state index contributed by atoms with van der Waals surface area (Å²) in [5.74, 6) is 2.48. The molecule has 0 N–H and O–H groups in total. The summed E-state index contributed by atoms with van der Waals surface area (Å²) in [7, 11) is 2.16. The van der Waals surface area contributed by atoms with Gasteiger partial charge in [0.1, 0.15) is 17.5 Å². The van der Waals surface area contributed by atoms with Crippen molar-refractivity contribution in [2.75, 3.05) is 34.7 Å². The minimum Gasteiger partial charge on any atom is -0.359 e. The van der Waals surface area contributed by atoms with Gasteiger partial charge in [-0.25, -0.2) is 9.55 Å². The van der Waals surface area contributed by atoms with Gasteiger partial charge in [-0.1, -0.05) is 58.4 Å². The fraction of sp³-hybridized carbons (Fsp3) is 0.500. The maximum absolute atomic E-state index is 4.99. The van der Waals surface area contributed by atoms with Crippen LogP contribution in [0.1, 0.15) is 77.8 Å². The maximum Gasteiger partial charge on any atom is 0.508 e. The number of benzene rings is 1. The minimum absolute atomic E-state index is 0.00558. The van der Waals surface area contributed by atoms with Crippen LogP contribution in [0.5, 0.6) is 0 Å². The predicted molar refractivity (Wildman–Crippen MR) is 180 cm³/mol. The van der Waals surface area contributed by atoms with Gasteiger partial charge < -0.3 is 19.4 Å². The van der Waals surface area contributed by atoms with Gasteiger partial charge in [0.05, 0.1) is 18.1 Å². The molecule has 5 heterocycles. The van der Waals surface area contributed by atoms with E-state index in [0.29, 0.717) is 6.17 Å². The highest BCUT2D eigenvalue weighted by Gasteiger charge is 2.70. The summed E-state index contributed by atoms with van der Waals surface area (Å²) in [5.41, 5.74) is 4.10. The first kappa shape index (κ1) is 29.6. The van der Waals surface area contributed by atoms with Crippen molar-refractivity contribution in [3.63, 3.8) is 0 Å². The molecule has 0 bridgehead atoms. The van der Waals surface area contributed by atoms with E-state index >= 15 is 0 Å². The van der Waals surface area contributed by atoms with E-state index in [4.69, 9.17) is 4.98 Å². The second-order valence-corrected chi connectivity index (χ2v) is 13.1. The van der Waals surface area contributed by atoms with Crippen molar-refractivity contribution >= 4 is 24.3 Å². The Hall–Kier alpha value is -3.48. The summed E-state index contributed by atoms with van der Waals surface area (Å²) in [6, 6.07) is 20.4. The molecule has 0 spiro atoms. The molecule has 1 saturated heterocycles. The highest BCUT2D eigenvalue weighted by molar-refractivity contribution is 6.71. The van der Waals surface area contributed by atoms with Gasteiger partial charge in [0.25, 0.3) is 5.82 Å². The van der Waals surface area contributed by atoms with Crippen molar-refractivity contribution in [1.29, 1.82) is 0 Å². The molecule has 3 aliphatic rings. The van der Waals surface area contributed by atoms with Gasteiger partial charge >= 0.3 is 6.98 Å². The third kappa shape index (κ3) is 4.80. The quantitative estimate of drug-likeness (QED) is 0.191. The number of anilines is 3. The highest BCUT2D eigenvalue weighted by atomic mass is 15.4. The fourth-order valence-corrected chi connectivity index (χ4v) is 8.38. The lowest BCUT2D eigenvalue weighted by atomic mass is 9.38. The molecule has 43 heavy (non-hydrogen) atoms. The van der Waals surface area contributed by atoms with Crippen molar-refractivity contribution in [2.24, 2.45) is 0 Å². The Kier molecular flexibility index (Phi) is 8.19. The topological polar surface area (TPSA) is 29.7 Å². The Morgan fingerprint density at radius 3 is 2.49 bits per heavy atom. The lowest BCUT2D eigenvalue weighted by Crippen LogP contribution is -2.75. The van der Waals surface area contributed by atoms with E-state index in [1.165, 1.54) is 35.5 Å². The predicted octanol–water partition coefficient (Wildman–Crippen LogP) is 7.02. The van der Waals surface area contributed by atoms with Crippen LogP contribution in [0.25, 0.3) is 0 Å². The first-order valence-electron chi connectivity index (χ1n) is 16.6. The summed E-state index contributed by atoms with van der Waals surface area (Å²) in [4.78, 5) is 15.0. The molecule has 1 aromatic carbocycles. The highest BCUT2D eigenvalue weighted by Crippen LogP contribution is 2.57. The van der Waals surface area contributed by atoms with Crippen LogP contribution >= 0.6 is 0 Å². The van der Waals surface area contributed by atoms with E-state index in [1.54, 1.807) is 0 Å². The van der Waals surface area contributed by atoms with E-state index in [2.05, 4.69) is 139 Å². The summed E-state index contributed by atoms with van der Waals surface area (Å²) >= 11 is 0. The fourth-order valence-electron chi connectivity index (χ4n) is 8.38. The molecule has 3 atom stereocenters. The number of rotatable bonds is 10. The zero-order valence-electron chi connectivity index (χ0n) is 27.2. The summed E-state index contributed by atoms with van der Waals surface area (Å²) in [6.07, 6.45) is 17.0. The van der Waals surface area contributed by atoms with Crippen LogP contribution in [0.15, 0.2) is 79.4 Å². The SMILES string of the molecule is CCCCc1ccnc(N2CCN3B2C(C)(CC)C(CC)(CCc2ccccc2N2C=CN(C)C2C)[n+]2ccccc23)c1. The van der Waals surface area contributed by atoms with Gasteiger partial charge in [-0.2, -0.15) is 0 Å². The first-order chi connectivity index (χ1) is 20.9. The van der Waals surface area contributed by atoms with E-state index < -0.39 is 0 Å². The molecule has 3 aliphatic heterocycles. The molecule has 1 fully saturated rings. The summed E-state index contributed by atoms with van der Waals surface area (Å²) in [6.45, 7) is 14.2. The van der Waals surface area contributed by atoms with Crippen molar-refractivity contribution in [3.8, 4) is 0 Å². The second kappa shape index (κ2) is 11.9. The Balaban J connectivity index is 1.41. The molecule has 6 rings (SSSR count). The molecule has 0 aliphatic carbocycles. The number of aromatic nitrogens is 2. The van der Waals surface area contributed by atoms with Crippen LogP contribution in [-0.2, 0) is 18.4 Å². The Labute approximate surface area is 260 Å². The summed E-state index contributed by atoms with van der Waals surface area (Å²) < 4.78 is 2.66. The largest absolute Gasteiger partial charge is 0.508 e. The van der Waals surface area contributed by atoms with Crippen LogP contribution in [0, 0.1) is 0 Å². The van der Waals surface area contributed by atoms with Crippen molar-refractivity contribution in [3.05, 3.63) is 90.5 Å². The average Bonchev–Trinajstić information content (AvgIpc) is 3.64. The third-order valence-corrected chi connectivity index (χ3v) is 11.2. The van der Waals surface area contributed by atoms with Crippen molar-refractivity contribution in [2.45, 2.75) is 96.6 Å². The molecule has 0 radical (unpaired) electrons. The van der Waals surface area contributed by atoms with Crippen LogP contribution in [0.2, 0.25) is 5.31 Å². The number of hydrogen-bond donors (Lipinski definition) is 0. The normalized spacial score (nSPS) is 24.6. The van der Waals surface area contributed by atoms with Gasteiger partial charge in [0, 0.05) is 43.9 Å². The molecule has 2 aromatic heterocycles. The molecular weight excluding hydrogens is 527 g/mol. The number of fused-ring (bicyclic) bond motifs is 3. The zero-order chi connectivity index (χ0) is 30.2. The van der Waals surface area contributed by atoms with Crippen LogP contribution in [0.4, 0.5) is 17.3 Å². The van der Waals surface area contributed by atoms with E-state index in [1.807, 2.05) is 6.20 Å². The zero-order valence-corrected chi connectivity index (χ0v) is 27.2. The van der Waals surface area contributed by atoms with Crippen molar-refractivity contribution in [1.82, 2.24) is 9.88 Å². The number of nitrogens with zero attached hydrogens (tertiary/aromatic N) is 6. The van der Waals surface area contributed by atoms with Gasteiger partial charge in [-0.15, -0.1) is 0 Å². The van der Waals surface area contributed by atoms with Crippen LogP contribution in [0.3, 0.4) is 0 Å². The van der Waals surface area contributed by atoms with Crippen molar-refractivity contribution < 1.29 is 4.57 Å². The van der Waals surface area contributed by atoms with Gasteiger partial charge in [0.15, 0.2) is 0 Å². The second-order valence-electron chi connectivity index (χ2n) is 13.1. The Morgan fingerprint density at radius 2 is 1.74 bits per heavy atom. The third-order valence-electron chi connectivity index (χ3n) is 11.2. The molecule has 0 saturated carbocycles. The Morgan fingerprint density at radius 1 is 0.953 bits per heavy atom. The lowest BCUT2D eigenvalue weighted by Gasteiger charge is -2.53. The number of unbranched alkanes of at least 4 members (excludes halogenated alkanes) is 1. The molecular formula is C36H50BN6+. The van der Waals surface area contributed by atoms with Gasteiger partial charge in [-0.3, -0.25) is 0 Å². The molecule has 6 nitrogen and oxygen atoms in total. The smallest absolute Gasteiger partial charge is 0.359 e. The molecule has 226 valence electrons. The van der Waals surface area contributed by atoms with Gasteiger partial charge in [-0.05, 0) is 80.8 Å². The summed E-state index contributed by atoms with van der Waals surface area (Å²) in [5, 5.41) is -0.00558. The average molecular weight is 578 g/mol. The number of para-hydroxylation sites is 1. The Bertz CT molecular complexity index is 1460. The molecule has 3 unspecified atom stereocenters. The standard InChI is InChI=1S/C36H50BN6/c1-7-10-15-30-20-22-38-33(28-30)42-26-27-43-34-18-13-14-23-41(34)36(9-3,35(5,8-2)37(42)43)21-19-31-16-11-12-17-32(31)40-25-24-39(6)29(40)4/h11-14,16-18,20,22-25,28-29H,7-10,15,19,21,26-27H2,1-6H3/q+1. The van der Waals surface area contributed by atoms with E-state index in [-0.39, 0.29) is 17.8 Å². The minimum atomic E-state index is -0.0573. The first-order valence-corrected chi connectivity index (χ1v) is 16.6. The molecule has 7 heteroatoms. The van der Waals surface area contributed by atoms with Crippen LogP contribution < -0.4 is 19.1 Å². The maximum atomic E-state index is 4.99. The van der Waals surface area contributed by atoms with E-state index in [9.17, 15) is 0 Å². The molecule has 0 amide bonds. The van der Waals surface area contributed by atoms with Crippen LogP contribution in [-0.4, -0.2) is 43.2 Å². The number of pyridine rings is 2. The lowest BCUT2D eigenvalue weighted by molar-refractivity contribution is -0.763. The van der Waals surface area contributed by atoms with E-state index in [0.717, 1.165) is 51.0 Å². The number of hydrogen-bond acceptors (Lipinski definition) is 5. The number of aryl methyl sites for hydroxylation is 2.